The van der Waals surface area contributed by atoms with E-state index in [1.165, 1.54) is 6.21 Å². The number of hydrogen-bond acceptors (Lipinski definition) is 2. The minimum absolute atomic E-state index is 0.478. The lowest BCUT2D eigenvalue weighted by Gasteiger charge is -1.97. The van der Waals surface area contributed by atoms with Crippen LogP contribution in [0, 0.1) is 5.41 Å². The average molecular weight is 165 g/mol. The van der Waals surface area contributed by atoms with Gasteiger partial charge >= 0.3 is 0 Å². The van der Waals surface area contributed by atoms with E-state index >= 15 is 0 Å². The molecule has 0 aliphatic rings. The zero-order valence-corrected chi connectivity index (χ0v) is 7.73. The Morgan fingerprint density at radius 3 is 2.58 bits per heavy atom. The minimum Gasteiger partial charge on any atom is -0.386 e. The summed E-state index contributed by atoms with van der Waals surface area (Å²) in [5, 5.41) is 10.2. The van der Waals surface area contributed by atoms with Crippen molar-refractivity contribution in [3.05, 3.63) is 17.5 Å². The number of aromatic amines is 1. The summed E-state index contributed by atoms with van der Waals surface area (Å²) < 4.78 is 0. The van der Waals surface area contributed by atoms with Crippen molar-refractivity contribution in [1.82, 2.24) is 4.98 Å². The van der Waals surface area contributed by atoms with Gasteiger partial charge in [0.15, 0.2) is 0 Å². The second-order valence-electron chi connectivity index (χ2n) is 3.10. The average Bonchev–Trinajstić information content (AvgIpc) is 2.46. The van der Waals surface area contributed by atoms with Gasteiger partial charge in [-0.05, 0) is 12.0 Å². The molecule has 0 aliphatic heterocycles. The van der Waals surface area contributed by atoms with Crippen molar-refractivity contribution in [2.75, 3.05) is 12.4 Å². The Labute approximate surface area is 72.7 Å². The highest BCUT2D eigenvalue weighted by molar-refractivity contribution is 5.83. The van der Waals surface area contributed by atoms with Gasteiger partial charge in [-0.1, -0.05) is 13.8 Å². The normalized spacial score (nSPS) is 10.3. The fraction of sp³-hybridized carbons (Fsp3) is 0.444. The standard InChI is InChI=1S/C9H15N3/c1-6(2)7-4-8(11-3)9(5-10)12-7/h4-6,10-12H,1-3H3. The van der Waals surface area contributed by atoms with Crippen LogP contribution in [0.25, 0.3) is 0 Å². The molecule has 1 aromatic rings. The molecule has 0 saturated carbocycles. The molecule has 3 heteroatoms. The van der Waals surface area contributed by atoms with Gasteiger partial charge in [0.05, 0.1) is 11.4 Å². The number of H-pyrrole nitrogens is 1. The maximum atomic E-state index is 7.15. The molecule has 0 radical (unpaired) electrons. The summed E-state index contributed by atoms with van der Waals surface area (Å²) in [6.45, 7) is 4.25. The zero-order valence-electron chi connectivity index (χ0n) is 7.73. The molecule has 0 spiro atoms. The lowest BCUT2D eigenvalue weighted by atomic mass is 10.1. The molecule has 3 nitrogen and oxygen atoms in total. The van der Waals surface area contributed by atoms with Gasteiger partial charge in [0, 0.05) is 19.0 Å². The molecule has 66 valence electrons. The lowest BCUT2D eigenvalue weighted by molar-refractivity contribution is 0.832. The van der Waals surface area contributed by atoms with Gasteiger partial charge in [0.25, 0.3) is 0 Å². The molecule has 0 saturated heterocycles. The second kappa shape index (κ2) is 3.43. The molecule has 0 aliphatic carbocycles. The molecule has 12 heavy (non-hydrogen) atoms. The molecule has 1 aromatic heterocycles. The van der Waals surface area contributed by atoms with Crippen molar-refractivity contribution < 1.29 is 0 Å². The molecule has 0 unspecified atom stereocenters. The summed E-state index contributed by atoms with van der Waals surface area (Å²) in [5.41, 5.74) is 3.01. The summed E-state index contributed by atoms with van der Waals surface area (Å²) in [7, 11) is 1.86. The quantitative estimate of drug-likeness (QED) is 0.591. The minimum atomic E-state index is 0.478. The van der Waals surface area contributed by atoms with Crippen molar-refractivity contribution in [1.29, 1.82) is 5.41 Å². The van der Waals surface area contributed by atoms with Crippen LogP contribution < -0.4 is 5.32 Å². The Bertz CT molecular complexity index is 273. The summed E-state index contributed by atoms with van der Waals surface area (Å²) in [4.78, 5) is 3.18. The van der Waals surface area contributed by atoms with Crippen LogP contribution in [0.1, 0.15) is 31.2 Å². The molecular weight excluding hydrogens is 150 g/mol. The molecule has 0 aromatic carbocycles. The van der Waals surface area contributed by atoms with Crippen LogP contribution in [0.5, 0.6) is 0 Å². The van der Waals surface area contributed by atoms with E-state index in [0.29, 0.717) is 5.92 Å². The van der Waals surface area contributed by atoms with E-state index in [1.54, 1.807) is 0 Å². The van der Waals surface area contributed by atoms with Gasteiger partial charge in [0.1, 0.15) is 0 Å². The van der Waals surface area contributed by atoms with Gasteiger partial charge < -0.3 is 15.7 Å². The number of rotatable bonds is 3. The first kappa shape index (κ1) is 8.84. The summed E-state index contributed by atoms with van der Waals surface area (Å²) in [6.07, 6.45) is 1.33. The molecular formula is C9H15N3. The third kappa shape index (κ3) is 1.49. The Kier molecular flexibility index (Phi) is 2.53. The van der Waals surface area contributed by atoms with Crippen LogP contribution in [-0.2, 0) is 0 Å². The van der Waals surface area contributed by atoms with E-state index in [0.717, 1.165) is 17.1 Å². The van der Waals surface area contributed by atoms with Gasteiger partial charge in [-0.2, -0.15) is 0 Å². The largest absolute Gasteiger partial charge is 0.386 e. The van der Waals surface area contributed by atoms with Crippen LogP contribution in [0.4, 0.5) is 5.69 Å². The first-order valence-corrected chi connectivity index (χ1v) is 4.10. The Hall–Kier alpha value is -1.25. The van der Waals surface area contributed by atoms with Gasteiger partial charge in [-0.25, -0.2) is 0 Å². The molecule has 0 atom stereocenters. The summed E-state index contributed by atoms with van der Waals surface area (Å²) >= 11 is 0. The third-order valence-corrected chi connectivity index (χ3v) is 1.90. The fourth-order valence-corrected chi connectivity index (χ4v) is 1.12. The molecule has 0 amide bonds. The van der Waals surface area contributed by atoms with E-state index in [9.17, 15) is 0 Å². The third-order valence-electron chi connectivity index (χ3n) is 1.90. The zero-order chi connectivity index (χ0) is 9.14. The smallest absolute Gasteiger partial charge is 0.0796 e. The van der Waals surface area contributed by atoms with E-state index in [1.807, 2.05) is 13.1 Å². The highest BCUT2D eigenvalue weighted by Gasteiger charge is 2.06. The topological polar surface area (TPSA) is 51.7 Å². The van der Waals surface area contributed by atoms with E-state index in [4.69, 9.17) is 5.41 Å². The van der Waals surface area contributed by atoms with Crippen molar-refractivity contribution in [2.24, 2.45) is 0 Å². The number of aromatic nitrogens is 1. The van der Waals surface area contributed by atoms with Crippen molar-refractivity contribution >= 4 is 11.9 Å². The Morgan fingerprint density at radius 2 is 2.25 bits per heavy atom. The second-order valence-corrected chi connectivity index (χ2v) is 3.10. The monoisotopic (exact) mass is 165 g/mol. The Morgan fingerprint density at radius 1 is 1.58 bits per heavy atom. The predicted octanol–water partition coefficient (Wildman–Crippen LogP) is 2.18. The molecule has 3 N–H and O–H groups in total. The van der Waals surface area contributed by atoms with Gasteiger partial charge in [0.2, 0.25) is 0 Å². The van der Waals surface area contributed by atoms with E-state index in [-0.39, 0.29) is 0 Å². The van der Waals surface area contributed by atoms with Gasteiger partial charge in [-0.3, -0.25) is 0 Å². The van der Waals surface area contributed by atoms with Crippen molar-refractivity contribution in [2.45, 2.75) is 19.8 Å². The van der Waals surface area contributed by atoms with Crippen LogP contribution in [0.2, 0.25) is 0 Å². The van der Waals surface area contributed by atoms with Crippen molar-refractivity contribution in [3.8, 4) is 0 Å². The lowest BCUT2D eigenvalue weighted by Crippen LogP contribution is -1.90. The first-order chi connectivity index (χ1) is 5.69. The van der Waals surface area contributed by atoms with E-state index in [2.05, 4.69) is 24.1 Å². The van der Waals surface area contributed by atoms with E-state index < -0.39 is 0 Å². The fourth-order valence-electron chi connectivity index (χ4n) is 1.12. The molecule has 0 bridgehead atoms. The Balaban J connectivity index is 3.05. The maximum absolute atomic E-state index is 7.15. The maximum Gasteiger partial charge on any atom is 0.0796 e. The first-order valence-electron chi connectivity index (χ1n) is 4.10. The van der Waals surface area contributed by atoms with Crippen molar-refractivity contribution in [3.63, 3.8) is 0 Å². The highest BCUT2D eigenvalue weighted by atomic mass is 14.9. The number of anilines is 1. The van der Waals surface area contributed by atoms with Crippen LogP contribution in [-0.4, -0.2) is 18.2 Å². The molecule has 1 rings (SSSR count). The van der Waals surface area contributed by atoms with Crippen LogP contribution in [0.15, 0.2) is 6.07 Å². The SMILES string of the molecule is CNc1cc(C(C)C)[nH]c1C=N. The van der Waals surface area contributed by atoms with Gasteiger partial charge in [-0.15, -0.1) is 0 Å². The summed E-state index contributed by atoms with van der Waals surface area (Å²) in [5.74, 6) is 0.478. The summed E-state index contributed by atoms with van der Waals surface area (Å²) in [6, 6.07) is 2.05. The molecule has 0 fully saturated rings. The highest BCUT2D eigenvalue weighted by Crippen LogP contribution is 2.20. The number of hydrogen-bond donors (Lipinski definition) is 3. The number of nitrogens with one attached hydrogen (secondary N) is 3. The van der Waals surface area contributed by atoms with Crippen LogP contribution >= 0.6 is 0 Å². The van der Waals surface area contributed by atoms with Crippen LogP contribution in [0.3, 0.4) is 0 Å². The predicted molar refractivity (Wildman–Crippen MR) is 52.3 cm³/mol. The molecule has 1 heterocycles.